The van der Waals surface area contributed by atoms with Crippen molar-refractivity contribution in [3.8, 4) is 0 Å². The van der Waals surface area contributed by atoms with E-state index >= 15 is 0 Å². The summed E-state index contributed by atoms with van der Waals surface area (Å²) in [4.78, 5) is 13.7. The molecule has 2 aromatic rings. The Hall–Kier alpha value is -1.63. The summed E-state index contributed by atoms with van der Waals surface area (Å²) in [6, 6.07) is 8.91. The van der Waals surface area contributed by atoms with Crippen molar-refractivity contribution in [3.63, 3.8) is 0 Å². The van der Waals surface area contributed by atoms with Crippen LogP contribution in [0.25, 0.3) is 0 Å². The van der Waals surface area contributed by atoms with E-state index in [1.165, 1.54) is 11.3 Å². The molecule has 4 nitrogen and oxygen atoms in total. The molecule has 0 aliphatic carbocycles. The third-order valence-electron chi connectivity index (χ3n) is 2.85. The molecule has 0 radical (unpaired) electrons. The van der Waals surface area contributed by atoms with Crippen molar-refractivity contribution in [2.45, 2.75) is 0 Å². The largest absolute Gasteiger partial charge is 0.474 e. The quantitative estimate of drug-likeness (QED) is 0.811. The lowest BCUT2D eigenvalue weighted by Gasteiger charge is -2.24. The first-order chi connectivity index (χ1) is 9.18. The van der Waals surface area contributed by atoms with Gasteiger partial charge in [0.05, 0.1) is 11.2 Å². The number of nitrogens with zero attached hydrogens (tertiary/aromatic N) is 2. The fourth-order valence-electron chi connectivity index (χ4n) is 1.90. The monoisotopic (exact) mass is 290 g/mol. The van der Waals surface area contributed by atoms with Crippen molar-refractivity contribution in [2.75, 3.05) is 0 Å². The van der Waals surface area contributed by atoms with Crippen molar-refractivity contribution in [1.82, 2.24) is 4.92 Å². The van der Waals surface area contributed by atoms with Crippen molar-refractivity contribution in [3.05, 3.63) is 51.2 Å². The van der Waals surface area contributed by atoms with Gasteiger partial charge in [-0.05, 0) is 22.5 Å². The van der Waals surface area contributed by atoms with E-state index in [0.29, 0.717) is 15.4 Å². The third-order valence-corrected chi connectivity index (χ3v) is 4.18. The molecule has 94 valence electrons. The van der Waals surface area contributed by atoms with Gasteiger partial charge in [-0.2, -0.15) is 5.10 Å². The average Bonchev–Trinajstić information content (AvgIpc) is 2.85. The van der Waals surface area contributed by atoms with E-state index < -0.39 is 13.0 Å². The molecule has 1 N–H and O–H groups in total. The minimum atomic E-state index is -1.09. The van der Waals surface area contributed by atoms with Crippen LogP contribution in [-0.2, 0) is 0 Å². The smallest absolute Gasteiger partial charge is 0.427 e. The fraction of sp³-hybridized carbons (Fsp3) is 0. The molecule has 1 amide bonds. The number of amides is 1. The lowest BCUT2D eigenvalue weighted by Crippen LogP contribution is -2.52. The first kappa shape index (κ1) is 12.4. The topological polar surface area (TPSA) is 52.9 Å². The van der Waals surface area contributed by atoms with Gasteiger partial charge in [0.15, 0.2) is 0 Å². The van der Waals surface area contributed by atoms with Gasteiger partial charge < -0.3 is 5.02 Å². The van der Waals surface area contributed by atoms with Gasteiger partial charge in [-0.25, -0.2) is 4.92 Å². The van der Waals surface area contributed by atoms with Crippen molar-refractivity contribution >= 4 is 47.6 Å². The molecule has 2 heterocycles. The average molecular weight is 291 g/mol. The zero-order chi connectivity index (χ0) is 13.4. The molecule has 0 bridgehead atoms. The summed E-state index contributed by atoms with van der Waals surface area (Å²) in [6.45, 7) is 0. The molecule has 1 aliphatic heterocycles. The number of thiophene rings is 1. The predicted octanol–water partition coefficient (Wildman–Crippen LogP) is 1.58. The number of rotatable bonds is 1. The Morgan fingerprint density at radius 1 is 1.37 bits per heavy atom. The second-order valence-corrected chi connectivity index (χ2v) is 5.32. The van der Waals surface area contributed by atoms with Crippen molar-refractivity contribution in [1.29, 1.82) is 0 Å². The zero-order valence-electron chi connectivity index (χ0n) is 9.65. The Morgan fingerprint density at radius 2 is 2.16 bits per heavy atom. The minimum absolute atomic E-state index is 0.372. The van der Waals surface area contributed by atoms with Gasteiger partial charge >= 0.3 is 7.05 Å². The molecule has 0 fully saturated rings. The highest BCUT2D eigenvalue weighted by molar-refractivity contribution is 7.12. The molecule has 0 saturated carbocycles. The number of benzene rings is 1. The highest BCUT2D eigenvalue weighted by atomic mass is 35.5. The maximum absolute atomic E-state index is 12.3. The Balaban J connectivity index is 1.97. The van der Waals surface area contributed by atoms with Gasteiger partial charge in [-0.1, -0.05) is 35.9 Å². The fourth-order valence-corrected chi connectivity index (χ4v) is 2.96. The van der Waals surface area contributed by atoms with Crippen LogP contribution in [0.1, 0.15) is 15.2 Å². The van der Waals surface area contributed by atoms with E-state index in [9.17, 15) is 9.82 Å². The molecule has 1 aliphatic rings. The summed E-state index contributed by atoms with van der Waals surface area (Å²) >= 11 is 7.16. The number of halogens is 1. The molecule has 0 spiro atoms. The molecular formula is C12H8BClN2O2S. The highest BCUT2D eigenvalue weighted by Gasteiger charge is 2.34. The summed E-state index contributed by atoms with van der Waals surface area (Å²) in [6.07, 6.45) is 1.56. The van der Waals surface area contributed by atoms with E-state index in [1.807, 2.05) is 18.2 Å². The lowest BCUT2D eigenvalue weighted by molar-refractivity contribution is 0.0850. The SMILES string of the molecule is O=C(c1sccc1Cl)N1N=Cc2ccccc2B1O. The Bertz CT molecular complexity index is 673. The van der Waals surface area contributed by atoms with E-state index in [0.717, 1.165) is 10.5 Å². The van der Waals surface area contributed by atoms with E-state index in [1.54, 1.807) is 23.7 Å². The molecule has 0 unspecified atom stereocenters. The number of hydrazone groups is 1. The highest BCUT2D eigenvalue weighted by Crippen LogP contribution is 2.24. The van der Waals surface area contributed by atoms with Crippen LogP contribution in [-0.4, -0.2) is 29.1 Å². The molecule has 19 heavy (non-hydrogen) atoms. The van der Waals surface area contributed by atoms with Crippen LogP contribution < -0.4 is 5.46 Å². The van der Waals surface area contributed by atoms with Gasteiger partial charge in [0, 0.05) is 0 Å². The van der Waals surface area contributed by atoms with E-state index in [4.69, 9.17) is 11.6 Å². The number of hydrogen-bond donors (Lipinski definition) is 1. The molecule has 1 aromatic heterocycles. The zero-order valence-corrected chi connectivity index (χ0v) is 11.2. The van der Waals surface area contributed by atoms with Crippen molar-refractivity contribution < 1.29 is 9.82 Å². The van der Waals surface area contributed by atoms with E-state index in [-0.39, 0.29) is 0 Å². The maximum Gasteiger partial charge on any atom is 0.474 e. The van der Waals surface area contributed by atoms with Gasteiger partial charge in [-0.15, -0.1) is 11.3 Å². The summed E-state index contributed by atoms with van der Waals surface area (Å²) < 4.78 is 0. The van der Waals surface area contributed by atoms with E-state index in [2.05, 4.69) is 5.10 Å². The predicted molar refractivity (Wildman–Crippen MR) is 77.1 cm³/mol. The molecule has 1 aromatic carbocycles. The van der Waals surface area contributed by atoms with Gasteiger partial charge in [0.2, 0.25) is 0 Å². The number of fused-ring (bicyclic) bond motifs is 1. The Morgan fingerprint density at radius 3 is 2.89 bits per heavy atom. The normalized spacial score (nSPS) is 13.6. The second kappa shape index (κ2) is 4.81. The first-order valence-corrected chi connectivity index (χ1v) is 6.82. The van der Waals surface area contributed by atoms with Crippen LogP contribution >= 0.6 is 22.9 Å². The molecule has 0 atom stereocenters. The van der Waals surface area contributed by atoms with Gasteiger partial charge in [0.25, 0.3) is 5.91 Å². The molecule has 0 saturated heterocycles. The third kappa shape index (κ3) is 2.08. The standard InChI is InChI=1S/C12H8BClN2O2S/c14-10-5-6-19-11(10)12(17)16-13(18)9-4-2-1-3-8(9)7-15-16/h1-7,18H. The molecular weight excluding hydrogens is 282 g/mol. The molecule has 7 heteroatoms. The summed E-state index contributed by atoms with van der Waals surface area (Å²) in [5, 5.41) is 16.3. The minimum Gasteiger partial charge on any atom is -0.427 e. The summed E-state index contributed by atoms with van der Waals surface area (Å²) in [5.41, 5.74) is 1.45. The van der Waals surface area contributed by atoms with Crippen LogP contribution in [0.2, 0.25) is 5.02 Å². The summed E-state index contributed by atoms with van der Waals surface area (Å²) in [7, 11) is -1.09. The van der Waals surface area contributed by atoms with Crippen LogP contribution in [0.15, 0.2) is 40.8 Å². The second-order valence-electron chi connectivity index (χ2n) is 3.99. The van der Waals surface area contributed by atoms with Gasteiger partial charge in [0.1, 0.15) is 4.88 Å². The number of carbonyl (C=O) groups is 1. The number of carbonyl (C=O) groups excluding carboxylic acids is 1. The van der Waals surface area contributed by atoms with Gasteiger partial charge in [-0.3, -0.25) is 4.79 Å². The van der Waals surface area contributed by atoms with Crippen LogP contribution in [0.3, 0.4) is 0 Å². The molecule has 3 rings (SSSR count). The van der Waals surface area contributed by atoms with Crippen LogP contribution in [0.5, 0.6) is 0 Å². The van der Waals surface area contributed by atoms with Crippen LogP contribution in [0.4, 0.5) is 0 Å². The van der Waals surface area contributed by atoms with Crippen LogP contribution in [0, 0.1) is 0 Å². The summed E-state index contributed by atoms with van der Waals surface area (Å²) in [5.74, 6) is -0.404. The Labute approximate surface area is 119 Å². The van der Waals surface area contributed by atoms with Crippen molar-refractivity contribution in [2.24, 2.45) is 5.10 Å². The Kier molecular flexibility index (Phi) is 3.14. The maximum atomic E-state index is 12.3. The first-order valence-electron chi connectivity index (χ1n) is 5.56. The lowest BCUT2D eigenvalue weighted by atomic mass is 9.70. The number of hydrogen-bond acceptors (Lipinski definition) is 4.